The second-order valence-corrected chi connectivity index (χ2v) is 5.05. The van der Waals surface area contributed by atoms with Crippen LogP contribution in [-0.4, -0.2) is 0 Å². The van der Waals surface area contributed by atoms with E-state index in [4.69, 9.17) is 0 Å². The lowest BCUT2D eigenvalue weighted by molar-refractivity contribution is 1.04. The molecule has 0 aromatic heterocycles. The third-order valence-corrected chi connectivity index (χ3v) is 3.91. The average Bonchev–Trinajstić information content (AvgIpc) is 2.62. The average molecular weight is 245 g/mol. The van der Waals surface area contributed by atoms with E-state index in [1.54, 1.807) is 0 Å². The molecule has 0 bridgehead atoms. The van der Waals surface area contributed by atoms with E-state index >= 15 is 0 Å². The van der Waals surface area contributed by atoms with Crippen LogP contribution in [0.25, 0.3) is 16.7 Å². The largest absolute Gasteiger partial charge is 0.355 e. The van der Waals surface area contributed by atoms with Gasteiger partial charge in [0, 0.05) is 16.9 Å². The van der Waals surface area contributed by atoms with E-state index < -0.39 is 0 Å². The van der Waals surface area contributed by atoms with Gasteiger partial charge in [0.2, 0.25) is 0 Å². The molecule has 0 atom stereocenters. The summed E-state index contributed by atoms with van der Waals surface area (Å²) < 4.78 is 0. The fraction of sp³-hybridized carbons (Fsp3) is 0.111. The Labute approximate surface area is 113 Å². The zero-order chi connectivity index (χ0) is 12.7. The van der Waals surface area contributed by atoms with Crippen molar-refractivity contribution in [3.05, 3.63) is 71.9 Å². The Morgan fingerprint density at radius 1 is 0.789 bits per heavy atom. The molecule has 0 saturated carbocycles. The van der Waals surface area contributed by atoms with Gasteiger partial charge in [-0.3, -0.25) is 0 Å². The second kappa shape index (κ2) is 4.13. The summed E-state index contributed by atoms with van der Waals surface area (Å²) in [6, 6.07) is 17.3. The van der Waals surface area contributed by atoms with E-state index in [1.807, 2.05) is 0 Å². The van der Waals surface area contributed by atoms with E-state index in [0.29, 0.717) is 0 Å². The monoisotopic (exact) mass is 245 g/mol. The van der Waals surface area contributed by atoms with Crippen molar-refractivity contribution in [3.8, 4) is 11.1 Å². The van der Waals surface area contributed by atoms with Crippen LogP contribution in [0.5, 0.6) is 0 Å². The van der Waals surface area contributed by atoms with Gasteiger partial charge in [-0.1, -0.05) is 48.5 Å². The first-order chi connectivity index (χ1) is 9.43. The van der Waals surface area contributed by atoms with Gasteiger partial charge in [0.05, 0.1) is 0 Å². The SMILES string of the molecule is C1=CC2=C(CC1)c1ccccc1-c1ccccc1N2. The van der Waals surface area contributed by atoms with Crippen LogP contribution in [0.15, 0.2) is 66.4 Å². The van der Waals surface area contributed by atoms with Crippen molar-refractivity contribution in [1.82, 2.24) is 0 Å². The van der Waals surface area contributed by atoms with E-state index in [1.165, 1.54) is 33.6 Å². The molecule has 92 valence electrons. The Balaban J connectivity index is 2.06. The van der Waals surface area contributed by atoms with Gasteiger partial charge in [-0.25, -0.2) is 0 Å². The van der Waals surface area contributed by atoms with Crippen LogP contribution < -0.4 is 5.32 Å². The smallest absolute Gasteiger partial charge is 0.0464 e. The summed E-state index contributed by atoms with van der Waals surface area (Å²) in [5.74, 6) is 0. The van der Waals surface area contributed by atoms with Gasteiger partial charge in [-0.2, -0.15) is 0 Å². The van der Waals surface area contributed by atoms with Gasteiger partial charge in [-0.15, -0.1) is 0 Å². The van der Waals surface area contributed by atoms with E-state index in [-0.39, 0.29) is 0 Å². The molecular formula is C18H15N. The Morgan fingerprint density at radius 3 is 2.42 bits per heavy atom. The topological polar surface area (TPSA) is 12.0 Å². The van der Waals surface area contributed by atoms with Crippen molar-refractivity contribution >= 4 is 11.3 Å². The van der Waals surface area contributed by atoms with Crippen LogP contribution in [0.1, 0.15) is 18.4 Å². The summed E-state index contributed by atoms with van der Waals surface area (Å²) in [4.78, 5) is 0. The molecule has 19 heavy (non-hydrogen) atoms. The Kier molecular flexibility index (Phi) is 2.31. The molecular weight excluding hydrogens is 230 g/mol. The van der Waals surface area contributed by atoms with Crippen LogP contribution in [0.4, 0.5) is 5.69 Å². The van der Waals surface area contributed by atoms with Gasteiger partial charge in [0.25, 0.3) is 0 Å². The summed E-state index contributed by atoms with van der Waals surface area (Å²) in [5, 5.41) is 3.60. The molecule has 1 heterocycles. The van der Waals surface area contributed by atoms with Gasteiger partial charge in [0.1, 0.15) is 0 Å². The minimum absolute atomic E-state index is 1.11. The normalized spacial score (nSPS) is 16.0. The lowest BCUT2D eigenvalue weighted by atomic mass is 9.90. The van der Waals surface area contributed by atoms with Crippen molar-refractivity contribution < 1.29 is 0 Å². The van der Waals surface area contributed by atoms with E-state index in [0.717, 1.165) is 12.8 Å². The van der Waals surface area contributed by atoms with Gasteiger partial charge in [0.15, 0.2) is 0 Å². The first-order valence-corrected chi connectivity index (χ1v) is 6.79. The molecule has 0 fully saturated rings. The highest BCUT2D eigenvalue weighted by molar-refractivity contribution is 5.93. The highest BCUT2D eigenvalue weighted by Gasteiger charge is 2.20. The zero-order valence-electron chi connectivity index (χ0n) is 10.7. The zero-order valence-corrected chi connectivity index (χ0v) is 10.7. The van der Waals surface area contributed by atoms with Crippen LogP contribution >= 0.6 is 0 Å². The minimum Gasteiger partial charge on any atom is -0.355 e. The minimum atomic E-state index is 1.11. The number of para-hydroxylation sites is 1. The molecule has 1 aliphatic carbocycles. The maximum Gasteiger partial charge on any atom is 0.0464 e. The van der Waals surface area contributed by atoms with Crippen molar-refractivity contribution in [2.75, 3.05) is 5.32 Å². The third-order valence-electron chi connectivity index (χ3n) is 3.91. The number of fused-ring (bicyclic) bond motifs is 4. The van der Waals surface area contributed by atoms with Crippen LogP contribution in [-0.2, 0) is 0 Å². The van der Waals surface area contributed by atoms with E-state index in [2.05, 4.69) is 66.0 Å². The lowest BCUT2D eigenvalue weighted by Crippen LogP contribution is -2.02. The molecule has 0 amide bonds. The predicted octanol–water partition coefficient (Wildman–Crippen LogP) is 4.84. The number of benzene rings is 2. The first-order valence-electron chi connectivity index (χ1n) is 6.79. The maximum absolute atomic E-state index is 3.60. The summed E-state index contributed by atoms with van der Waals surface area (Å²) in [7, 11) is 0. The van der Waals surface area contributed by atoms with E-state index in [9.17, 15) is 0 Å². The molecule has 2 aromatic rings. The molecule has 4 rings (SSSR count). The molecule has 1 heteroatoms. The van der Waals surface area contributed by atoms with Crippen molar-refractivity contribution in [2.24, 2.45) is 0 Å². The quantitative estimate of drug-likeness (QED) is 0.700. The first kappa shape index (κ1) is 10.6. The Morgan fingerprint density at radius 2 is 1.53 bits per heavy atom. The van der Waals surface area contributed by atoms with Gasteiger partial charge >= 0.3 is 0 Å². The molecule has 2 aliphatic rings. The van der Waals surface area contributed by atoms with Crippen molar-refractivity contribution in [2.45, 2.75) is 12.8 Å². The molecule has 1 aliphatic heterocycles. The van der Waals surface area contributed by atoms with Crippen molar-refractivity contribution in [3.63, 3.8) is 0 Å². The van der Waals surface area contributed by atoms with Crippen LogP contribution in [0, 0.1) is 0 Å². The standard InChI is InChI=1S/C18H15N/c1-2-8-14-13(7-1)15-9-3-5-11-17(15)19-18-12-6-4-10-16(14)18/h1-3,5-9,11-12,19H,4,10H2. The van der Waals surface area contributed by atoms with Crippen molar-refractivity contribution in [1.29, 1.82) is 0 Å². The Hall–Kier alpha value is -2.28. The fourth-order valence-electron chi connectivity index (χ4n) is 3.01. The number of rotatable bonds is 0. The molecule has 1 N–H and O–H groups in total. The van der Waals surface area contributed by atoms with Crippen LogP contribution in [0.3, 0.4) is 0 Å². The molecule has 0 radical (unpaired) electrons. The Bertz CT molecular complexity index is 707. The molecule has 0 unspecified atom stereocenters. The molecule has 1 nitrogen and oxygen atoms in total. The van der Waals surface area contributed by atoms with Gasteiger partial charge in [-0.05, 0) is 41.7 Å². The molecule has 2 aromatic carbocycles. The number of nitrogens with one attached hydrogen (secondary N) is 1. The van der Waals surface area contributed by atoms with Crippen LogP contribution in [0.2, 0.25) is 0 Å². The van der Waals surface area contributed by atoms with Gasteiger partial charge < -0.3 is 5.32 Å². The number of hydrogen-bond acceptors (Lipinski definition) is 1. The summed E-state index contributed by atoms with van der Waals surface area (Å²) in [6.45, 7) is 0. The summed E-state index contributed by atoms with van der Waals surface area (Å²) in [6.07, 6.45) is 6.72. The highest BCUT2D eigenvalue weighted by atomic mass is 14.9. The number of hydrogen-bond donors (Lipinski definition) is 1. The molecule has 0 spiro atoms. The number of anilines is 1. The molecule has 0 saturated heterocycles. The lowest BCUT2D eigenvalue weighted by Gasteiger charge is -2.16. The summed E-state index contributed by atoms with van der Waals surface area (Å²) in [5.41, 5.74) is 7.90. The fourth-order valence-corrected chi connectivity index (χ4v) is 3.01. The summed E-state index contributed by atoms with van der Waals surface area (Å²) >= 11 is 0. The number of allylic oxidation sites excluding steroid dienone is 3. The third kappa shape index (κ3) is 1.62. The highest BCUT2D eigenvalue weighted by Crippen LogP contribution is 2.41. The predicted molar refractivity (Wildman–Crippen MR) is 80.8 cm³/mol. The second-order valence-electron chi connectivity index (χ2n) is 5.05. The maximum atomic E-state index is 3.60.